The van der Waals surface area contributed by atoms with Gasteiger partial charge in [-0.05, 0) is 23.9 Å². The SMILES string of the molecule is Cc1[nH]nc2c1C(c1cc(CN3CCOCC3)cs1)C(C#N)=C(N)O2. The third-order valence-corrected chi connectivity index (χ3v) is 5.64. The maximum absolute atomic E-state index is 9.60. The first-order chi connectivity index (χ1) is 12.2. The number of thiophene rings is 1. The van der Waals surface area contributed by atoms with Crippen molar-refractivity contribution in [2.45, 2.75) is 19.4 Å². The predicted molar refractivity (Wildman–Crippen MR) is 93.0 cm³/mol. The zero-order valence-electron chi connectivity index (χ0n) is 13.9. The number of H-pyrrole nitrogens is 1. The van der Waals surface area contributed by atoms with Crippen LogP contribution in [0.15, 0.2) is 22.9 Å². The summed E-state index contributed by atoms with van der Waals surface area (Å²) in [5.74, 6) is 0.368. The third kappa shape index (κ3) is 2.91. The molecular formula is C17H19N5O2S. The highest BCUT2D eigenvalue weighted by molar-refractivity contribution is 7.10. The zero-order chi connectivity index (χ0) is 17.4. The summed E-state index contributed by atoms with van der Waals surface area (Å²) in [5.41, 5.74) is 9.43. The topological polar surface area (TPSA) is 100 Å². The van der Waals surface area contributed by atoms with Crippen molar-refractivity contribution in [3.05, 3.63) is 44.6 Å². The summed E-state index contributed by atoms with van der Waals surface area (Å²) >= 11 is 1.65. The van der Waals surface area contributed by atoms with Gasteiger partial charge in [-0.1, -0.05) is 0 Å². The first kappa shape index (κ1) is 16.1. The van der Waals surface area contributed by atoms with E-state index in [1.807, 2.05) is 6.92 Å². The molecule has 1 saturated heterocycles. The summed E-state index contributed by atoms with van der Waals surface area (Å²) in [6.07, 6.45) is 0. The number of hydrogen-bond donors (Lipinski definition) is 2. The number of aromatic nitrogens is 2. The first-order valence-electron chi connectivity index (χ1n) is 8.17. The van der Waals surface area contributed by atoms with E-state index in [1.54, 1.807) is 11.3 Å². The maximum atomic E-state index is 9.60. The van der Waals surface area contributed by atoms with Crippen LogP contribution in [-0.2, 0) is 11.3 Å². The van der Waals surface area contributed by atoms with E-state index < -0.39 is 0 Å². The number of nitrogens with zero attached hydrogens (tertiary/aromatic N) is 3. The van der Waals surface area contributed by atoms with Crippen molar-refractivity contribution in [1.82, 2.24) is 15.1 Å². The Hall–Kier alpha value is -2.34. The number of nitriles is 1. The molecule has 2 aromatic heterocycles. The fourth-order valence-corrected chi connectivity index (χ4v) is 4.35. The Labute approximate surface area is 149 Å². The van der Waals surface area contributed by atoms with E-state index >= 15 is 0 Å². The molecule has 1 atom stereocenters. The Bertz CT molecular complexity index is 857. The Morgan fingerprint density at radius 1 is 1.48 bits per heavy atom. The molecule has 7 nitrogen and oxygen atoms in total. The van der Waals surface area contributed by atoms with Gasteiger partial charge >= 0.3 is 0 Å². The van der Waals surface area contributed by atoms with E-state index in [-0.39, 0.29) is 11.8 Å². The van der Waals surface area contributed by atoms with Gasteiger partial charge in [-0.2, -0.15) is 5.26 Å². The number of aryl methyl sites for hydroxylation is 1. The van der Waals surface area contributed by atoms with Crippen molar-refractivity contribution in [2.75, 3.05) is 26.3 Å². The van der Waals surface area contributed by atoms with Crippen molar-refractivity contribution < 1.29 is 9.47 Å². The minimum Gasteiger partial charge on any atom is -0.420 e. The molecule has 4 heterocycles. The largest absolute Gasteiger partial charge is 0.420 e. The molecule has 0 saturated carbocycles. The van der Waals surface area contributed by atoms with Crippen molar-refractivity contribution in [2.24, 2.45) is 5.73 Å². The monoisotopic (exact) mass is 357 g/mol. The lowest BCUT2D eigenvalue weighted by molar-refractivity contribution is 0.0342. The molecule has 0 aliphatic carbocycles. The average Bonchev–Trinajstić information content (AvgIpc) is 3.22. The summed E-state index contributed by atoms with van der Waals surface area (Å²) in [6, 6.07) is 4.38. The Morgan fingerprint density at radius 2 is 2.28 bits per heavy atom. The number of aromatic amines is 1. The van der Waals surface area contributed by atoms with Gasteiger partial charge in [0.1, 0.15) is 11.6 Å². The molecule has 2 aliphatic rings. The van der Waals surface area contributed by atoms with Gasteiger partial charge in [0, 0.05) is 30.2 Å². The van der Waals surface area contributed by atoms with Gasteiger partial charge < -0.3 is 15.2 Å². The second-order valence-corrected chi connectivity index (χ2v) is 7.18. The molecule has 1 unspecified atom stereocenters. The van der Waals surface area contributed by atoms with E-state index in [0.29, 0.717) is 11.5 Å². The number of fused-ring (bicyclic) bond motifs is 1. The maximum Gasteiger partial charge on any atom is 0.244 e. The van der Waals surface area contributed by atoms with Crippen LogP contribution < -0.4 is 10.5 Å². The molecule has 25 heavy (non-hydrogen) atoms. The first-order valence-corrected chi connectivity index (χ1v) is 9.05. The van der Waals surface area contributed by atoms with Crippen LogP contribution >= 0.6 is 11.3 Å². The van der Waals surface area contributed by atoms with Gasteiger partial charge in [0.05, 0.1) is 24.7 Å². The second kappa shape index (κ2) is 6.52. The molecule has 4 rings (SSSR count). The molecule has 130 valence electrons. The standard InChI is InChI=1S/C17H19N5O2S/c1-10-14-15(12(7-18)16(19)24-17(14)21-20-10)13-6-11(9-25-13)8-22-2-4-23-5-3-22/h6,9,15H,2-5,8,19H2,1H3,(H,20,21). The number of nitrogens with one attached hydrogen (secondary N) is 1. The van der Waals surface area contributed by atoms with Crippen LogP contribution in [0.4, 0.5) is 0 Å². The van der Waals surface area contributed by atoms with Crippen LogP contribution in [-0.4, -0.2) is 41.4 Å². The minimum atomic E-state index is -0.226. The van der Waals surface area contributed by atoms with E-state index in [4.69, 9.17) is 15.2 Å². The smallest absolute Gasteiger partial charge is 0.244 e. The van der Waals surface area contributed by atoms with Crippen LogP contribution in [0.25, 0.3) is 0 Å². The highest BCUT2D eigenvalue weighted by Crippen LogP contribution is 2.44. The Balaban J connectivity index is 1.66. The Morgan fingerprint density at radius 3 is 3.04 bits per heavy atom. The van der Waals surface area contributed by atoms with Gasteiger partial charge in [-0.3, -0.25) is 10.00 Å². The van der Waals surface area contributed by atoms with Gasteiger partial charge in [-0.15, -0.1) is 16.4 Å². The summed E-state index contributed by atoms with van der Waals surface area (Å²) < 4.78 is 10.9. The van der Waals surface area contributed by atoms with E-state index in [1.165, 1.54) is 5.56 Å². The van der Waals surface area contributed by atoms with Gasteiger partial charge in [-0.25, -0.2) is 0 Å². The van der Waals surface area contributed by atoms with Gasteiger partial charge in [0.25, 0.3) is 0 Å². The molecule has 2 aromatic rings. The molecule has 8 heteroatoms. The zero-order valence-corrected chi connectivity index (χ0v) is 14.7. The number of nitrogens with two attached hydrogens (primary N) is 1. The Kier molecular flexibility index (Phi) is 4.21. The van der Waals surface area contributed by atoms with Crippen LogP contribution in [0, 0.1) is 18.3 Å². The summed E-state index contributed by atoms with van der Waals surface area (Å²) in [5, 5.41) is 18.8. The normalized spacial score (nSPS) is 20.9. The molecular weight excluding hydrogens is 338 g/mol. The summed E-state index contributed by atoms with van der Waals surface area (Å²) in [7, 11) is 0. The lowest BCUT2D eigenvalue weighted by atomic mass is 9.88. The molecule has 0 spiro atoms. The van der Waals surface area contributed by atoms with Crippen LogP contribution in [0.5, 0.6) is 5.88 Å². The number of allylic oxidation sites excluding steroid dienone is 1. The molecule has 3 N–H and O–H groups in total. The van der Waals surface area contributed by atoms with Crippen molar-refractivity contribution >= 4 is 11.3 Å². The molecule has 0 radical (unpaired) electrons. The van der Waals surface area contributed by atoms with Crippen molar-refractivity contribution in [1.29, 1.82) is 5.26 Å². The molecule has 0 aromatic carbocycles. The second-order valence-electron chi connectivity index (χ2n) is 6.24. The van der Waals surface area contributed by atoms with Crippen LogP contribution in [0.3, 0.4) is 0 Å². The van der Waals surface area contributed by atoms with Gasteiger partial charge in [0.15, 0.2) is 0 Å². The average molecular weight is 357 g/mol. The summed E-state index contributed by atoms with van der Waals surface area (Å²) in [6.45, 7) is 6.29. The fraction of sp³-hybridized carbons (Fsp3) is 0.412. The lowest BCUT2D eigenvalue weighted by Crippen LogP contribution is -2.35. The molecule has 2 aliphatic heterocycles. The minimum absolute atomic E-state index is 0.134. The highest BCUT2D eigenvalue weighted by atomic mass is 32.1. The number of hydrogen-bond acceptors (Lipinski definition) is 7. The van der Waals surface area contributed by atoms with Crippen LogP contribution in [0.2, 0.25) is 0 Å². The van der Waals surface area contributed by atoms with Gasteiger partial charge in [0.2, 0.25) is 11.8 Å². The summed E-state index contributed by atoms with van der Waals surface area (Å²) in [4.78, 5) is 3.46. The third-order valence-electron chi connectivity index (χ3n) is 4.60. The number of rotatable bonds is 3. The quantitative estimate of drug-likeness (QED) is 0.869. The van der Waals surface area contributed by atoms with Crippen LogP contribution in [0.1, 0.15) is 27.6 Å². The molecule has 1 fully saturated rings. The highest BCUT2D eigenvalue weighted by Gasteiger charge is 2.35. The molecule has 0 bridgehead atoms. The fourth-order valence-electron chi connectivity index (χ4n) is 3.33. The number of morpholine rings is 1. The van der Waals surface area contributed by atoms with Crippen molar-refractivity contribution in [3.8, 4) is 11.9 Å². The molecule has 0 amide bonds. The predicted octanol–water partition coefficient (Wildman–Crippen LogP) is 1.83. The lowest BCUT2D eigenvalue weighted by Gasteiger charge is -2.26. The van der Waals surface area contributed by atoms with Crippen molar-refractivity contribution in [3.63, 3.8) is 0 Å². The van der Waals surface area contributed by atoms with E-state index in [0.717, 1.165) is 49.0 Å². The van der Waals surface area contributed by atoms with E-state index in [9.17, 15) is 5.26 Å². The van der Waals surface area contributed by atoms with E-state index in [2.05, 4.69) is 32.6 Å². The number of ether oxygens (including phenoxy) is 2.